The number of hydrogen-bond acceptors (Lipinski definition) is 6. The van der Waals surface area contributed by atoms with E-state index in [1.165, 1.54) is 18.2 Å². The van der Waals surface area contributed by atoms with Crippen LogP contribution in [0.4, 0.5) is 0 Å². The van der Waals surface area contributed by atoms with Crippen molar-refractivity contribution in [3.05, 3.63) is 39.6 Å². The zero-order valence-electron chi connectivity index (χ0n) is 12.8. The maximum atomic E-state index is 12.4. The number of H-pyrrole nitrogens is 1. The quantitative estimate of drug-likeness (QED) is 0.730. The van der Waals surface area contributed by atoms with E-state index in [-0.39, 0.29) is 11.4 Å². The van der Waals surface area contributed by atoms with Crippen LogP contribution in [0.2, 0.25) is 0 Å². The molecule has 0 aromatic carbocycles. The lowest BCUT2D eigenvalue weighted by molar-refractivity contribution is 0.413. The lowest BCUT2D eigenvalue weighted by Crippen LogP contribution is -2.14. The van der Waals surface area contributed by atoms with E-state index in [0.29, 0.717) is 22.7 Å². The number of hydrogen-bond donors (Lipinski definition) is 1. The predicted molar refractivity (Wildman–Crippen MR) is 81.8 cm³/mol. The van der Waals surface area contributed by atoms with Gasteiger partial charge in [0.1, 0.15) is 11.8 Å². The van der Waals surface area contributed by atoms with Gasteiger partial charge in [-0.1, -0.05) is 16.7 Å². The molecule has 7 nitrogen and oxygen atoms in total. The van der Waals surface area contributed by atoms with Crippen molar-refractivity contribution in [3.8, 4) is 22.8 Å². The molecule has 1 aliphatic carbocycles. The van der Waals surface area contributed by atoms with Crippen molar-refractivity contribution < 1.29 is 9.05 Å². The average Bonchev–Trinajstić information content (AvgIpc) is 3.11. The average molecular weight is 312 g/mol. The third-order valence-corrected chi connectivity index (χ3v) is 4.24. The van der Waals surface area contributed by atoms with Crippen molar-refractivity contribution >= 4 is 0 Å². The van der Waals surface area contributed by atoms with Crippen LogP contribution in [-0.2, 0) is 12.8 Å². The molecule has 3 aromatic rings. The SMILES string of the molecule is Cc1nocc1-c1nc(-c2cc3c([nH]c2=O)CCCCC3)no1. The summed E-state index contributed by atoms with van der Waals surface area (Å²) >= 11 is 0. The van der Waals surface area contributed by atoms with Gasteiger partial charge in [-0.05, 0) is 44.2 Å². The van der Waals surface area contributed by atoms with Crippen LogP contribution in [-0.4, -0.2) is 20.3 Å². The van der Waals surface area contributed by atoms with E-state index in [1.54, 1.807) is 6.92 Å². The molecule has 3 aromatic heterocycles. The van der Waals surface area contributed by atoms with Gasteiger partial charge in [0, 0.05) is 5.69 Å². The summed E-state index contributed by atoms with van der Waals surface area (Å²) < 4.78 is 10.1. The predicted octanol–water partition coefficient (Wildman–Crippen LogP) is 2.66. The Morgan fingerprint density at radius 1 is 1.13 bits per heavy atom. The van der Waals surface area contributed by atoms with E-state index in [1.807, 2.05) is 6.07 Å². The molecule has 0 saturated carbocycles. The second-order valence-corrected chi connectivity index (χ2v) is 5.81. The molecule has 0 unspecified atom stereocenters. The Labute approximate surface area is 131 Å². The third kappa shape index (κ3) is 2.48. The minimum absolute atomic E-state index is 0.181. The van der Waals surface area contributed by atoms with Crippen LogP contribution in [0.15, 0.2) is 26.2 Å². The molecule has 0 fully saturated rings. The number of rotatable bonds is 2. The number of aromatic amines is 1. The van der Waals surface area contributed by atoms with Gasteiger partial charge in [0.05, 0.1) is 11.3 Å². The van der Waals surface area contributed by atoms with Gasteiger partial charge in [0.15, 0.2) is 0 Å². The summed E-state index contributed by atoms with van der Waals surface area (Å²) in [6, 6.07) is 1.90. The molecule has 0 aliphatic heterocycles. The fourth-order valence-electron chi connectivity index (χ4n) is 2.96. The molecular formula is C16H16N4O3. The molecule has 0 saturated heterocycles. The number of pyridine rings is 1. The lowest BCUT2D eigenvalue weighted by Gasteiger charge is -2.06. The number of aromatic nitrogens is 4. The van der Waals surface area contributed by atoms with Gasteiger partial charge in [-0.15, -0.1) is 0 Å². The Balaban J connectivity index is 1.77. The molecule has 0 spiro atoms. The highest BCUT2D eigenvalue weighted by Gasteiger charge is 2.19. The first-order valence-electron chi connectivity index (χ1n) is 7.73. The Hall–Kier alpha value is -2.70. The van der Waals surface area contributed by atoms with Crippen molar-refractivity contribution in [2.24, 2.45) is 0 Å². The summed E-state index contributed by atoms with van der Waals surface area (Å²) in [5.74, 6) is 0.585. The lowest BCUT2D eigenvalue weighted by atomic mass is 10.1. The van der Waals surface area contributed by atoms with Gasteiger partial charge >= 0.3 is 0 Å². The second-order valence-electron chi connectivity index (χ2n) is 5.81. The standard InChI is InChI=1S/C16H16N4O3/c1-9-12(8-22-19-9)16-18-14(20-23-16)11-7-10-5-3-2-4-6-13(10)17-15(11)21/h7-8H,2-6H2,1H3,(H,17,21). The maximum Gasteiger partial charge on any atom is 0.263 e. The number of nitrogens with one attached hydrogen (secondary N) is 1. The molecule has 7 heteroatoms. The Morgan fingerprint density at radius 3 is 2.83 bits per heavy atom. The van der Waals surface area contributed by atoms with E-state index in [0.717, 1.165) is 31.4 Å². The van der Waals surface area contributed by atoms with Gasteiger partial charge in [-0.2, -0.15) is 4.98 Å². The molecule has 0 bridgehead atoms. The summed E-state index contributed by atoms with van der Waals surface area (Å²) in [4.78, 5) is 19.7. The first-order chi connectivity index (χ1) is 11.2. The second kappa shape index (κ2) is 5.49. The minimum Gasteiger partial charge on any atom is -0.364 e. The van der Waals surface area contributed by atoms with Crippen LogP contribution >= 0.6 is 0 Å². The van der Waals surface area contributed by atoms with Crippen LogP contribution in [0, 0.1) is 6.92 Å². The molecule has 1 aliphatic rings. The normalized spacial score (nSPS) is 14.5. The topological polar surface area (TPSA) is 97.8 Å². The van der Waals surface area contributed by atoms with Crippen LogP contribution in [0.5, 0.6) is 0 Å². The summed E-state index contributed by atoms with van der Waals surface area (Å²) in [5.41, 5.74) is 3.76. The molecule has 0 atom stereocenters. The van der Waals surface area contributed by atoms with Crippen LogP contribution in [0.3, 0.4) is 0 Å². The zero-order chi connectivity index (χ0) is 15.8. The Kier molecular flexibility index (Phi) is 3.33. The van der Waals surface area contributed by atoms with Crippen molar-refractivity contribution in [2.75, 3.05) is 0 Å². The number of aryl methyl sites for hydroxylation is 3. The van der Waals surface area contributed by atoms with Gasteiger partial charge in [0.25, 0.3) is 11.4 Å². The highest BCUT2D eigenvalue weighted by molar-refractivity contribution is 5.60. The van der Waals surface area contributed by atoms with Crippen molar-refractivity contribution in [2.45, 2.75) is 39.0 Å². The smallest absolute Gasteiger partial charge is 0.263 e. The van der Waals surface area contributed by atoms with Crippen LogP contribution in [0.1, 0.15) is 36.2 Å². The van der Waals surface area contributed by atoms with Crippen molar-refractivity contribution in [1.29, 1.82) is 0 Å². The van der Waals surface area contributed by atoms with Gasteiger partial charge in [-0.25, -0.2) is 0 Å². The molecule has 4 rings (SSSR count). The van der Waals surface area contributed by atoms with Crippen molar-refractivity contribution in [3.63, 3.8) is 0 Å². The van der Waals surface area contributed by atoms with Crippen LogP contribution in [0.25, 0.3) is 22.8 Å². The minimum atomic E-state index is -0.181. The largest absolute Gasteiger partial charge is 0.364 e. The molecule has 3 heterocycles. The monoisotopic (exact) mass is 312 g/mol. The molecule has 0 amide bonds. The van der Waals surface area contributed by atoms with E-state index in [2.05, 4.69) is 20.3 Å². The molecule has 1 N–H and O–H groups in total. The van der Waals surface area contributed by atoms with Crippen molar-refractivity contribution in [1.82, 2.24) is 20.3 Å². The van der Waals surface area contributed by atoms with Gasteiger partial charge in [0.2, 0.25) is 5.82 Å². The van der Waals surface area contributed by atoms with Gasteiger partial charge in [-0.3, -0.25) is 4.79 Å². The fourth-order valence-corrected chi connectivity index (χ4v) is 2.96. The molecule has 118 valence electrons. The molecule has 0 radical (unpaired) electrons. The highest BCUT2D eigenvalue weighted by atomic mass is 16.5. The fraction of sp³-hybridized carbons (Fsp3) is 0.375. The summed E-state index contributed by atoms with van der Waals surface area (Å²) in [6.07, 6.45) is 6.77. The first kappa shape index (κ1) is 13.9. The van der Waals surface area contributed by atoms with Gasteiger partial charge < -0.3 is 14.0 Å². The van der Waals surface area contributed by atoms with E-state index < -0.39 is 0 Å². The van der Waals surface area contributed by atoms with E-state index >= 15 is 0 Å². The van der Waals surface area contributed by atoms with Crippen LogP contribution < -0.4 is 5.56 Å². The number of nitrogens with zero attached hydrogens (tertiary/aromatic N) is 3. The molecule has 23 heavy (non-hydrogen) atoms. The Bertz CT molecular complexity index is 906. The first-order valence-corrected chi connectivity index (χ1v) is 7.73. The third-order valence-electron chi connectivity index (χ3n) is 4.24. The number of fused-ring (bicyclic) bond motifs is 1. The summed E-state index contributed by atoms with van der Waals surface area (Å²) in [5, 5.41) is 7.73. The highest BCUT2D eigenvalue weighted by Crippen LogP contribution is 2.25. The zero-order valence-corrected chi connectivity index (χ0v) is 12.8. The maximum absolute atomic E-state index is 12.4. The van der Waals surface area contributed by atoms with E-state index in [4.69, 9.17) is 9.05 Å². The Morgan fingerprint density at radius 2 is 2.00 bits per heavy atom. The van der Waals surface area contributed by atoms with E-state index in [9.17, 15) is 4.79 Å². The molecular weight excluding hydrogens is 296 g/mol. The summed E-state index contributed by atoms with van der Waals surface area (Å²) in [6.45, 7) is 1.79. The summed E-state index contributed by atoms with van der Waals surface area (Å²) in [7, 11) is 0.